The molecule has 1 aromatic carbocycles. The molecule has 1 fully saturated rings. The number of aromatic nitrogens is 4. The van der Waals surface area contributed by atoms with E-state index in [1.807, 2.05) is 36.1 Å². The number of hydrogen-bond donors (Lipinski definition) is 1. The fourth-order valence-electron chi connectivity index (χ4n) is 3.91. The predicted octanol–water partition coefficient (Wildman–Crippen LogP) is 3.18. The van der Waals surface area contributed by atoms with Gasteiger partial charge in [-0.2, -0.15) is 15.0 Å². The van der Waals surface area contributed by atoms with Gasteiger partial charge in [0.25, 0.3) is 5.91 Å². The van der Waals surface area contributed by atoms with Crippen LogP contribution in [-0.2, 0) is 0 Å². The molecule has 0 unspecified atom stereocenters. The van der Waals surface area contributed by atoms with E-state index >= 15 is 0 Å². The van der Waals surface area contributed by atoms with Gasteiger partial charge < -0.3 is 14.7 Å². The van der Waals surface area contributed by atoms with Crippen LogP contribution in [0.5, 0.6) is 5.88 Å². The maximum absolute atomic E-state index is 13.5. The van der Waals surface area contributed by atoms with Crippen LogP contribution in [0.1, 0.15) is 55.1 Å². The Kier molecular flexibility index (Phi) is 6.27. The number of piperidine rings is 1. The molecule has 0 radical (unpaired) electrons. The second-order valence-corrected chi connectivity index (χ2v) is 7.78. The normalized spacial score (nSPS) is 19.8. The molecule has 1 aliphatic rings. The van der Waals surface area contributed by atoms with Crippen LogP contribution >= 0.6 is 0 Å². The zero-order valence-corrected chi connectivity index (χ0v) is 17.8. The van der Waals surface area contributed by atoms with E-state index in [9.17, 15) is 9.90 Å². The van der Waals surface area contributed by atoms with Crippen LogP contribution in [0, 0.1) is 0 Å². The van der Waals surface area contributed by atoms with Crippen molar-refractivity contribution in [2.75, 3.05) is 6.54 Å². The molecule has 3 aromatic rings. The van der Waals surface area contributed by atoms with Crippen molar-refractivity contribution >= 4 is 5.91 Å². The minimum absolute atomic E-state index is 0.0791. The topological polar surface area (TPSA) is 93.4 Å². The maximum Gasteiger partial charge on any atom is 0.256 e. The maximum atomic E-state index is 13.5. The number of rotatable bonds is 6. The zero-order chi connectivity index (χ0) is 21.8. The highest BCUT2D eigenvalue weighted by molar-refractivity contribution is 5.98. The summed E-state index contributed by atoms with van der Waals surface area (Å²) in [4.78, 5) is 21.1. The Morgan fingerprint density at radius 3 is 2.71 bits per heavy atom. The van der Waals surface area contributed by atoms with E-state index in [-0.39, 0.29) is 18.1 Å². The number of carbonyl (C=O) groups is 1. The van der Waals surface area contributed by atoms with Crippen molar-refractivity contribution in [1.82, 2.24) is 24.9 Å². The molecule has 0 aliphatic carbocycles. The molecule has 162 valence electrons. The number of aliphatic hydroxyl groups excluding tert-OH is 1. The number of nitrogens with zero attached hydrogens (tertiary/aromatic N) is 5. The molecular weight excluding hydrogens is 394 g/mol. The van der Waals surface area contributed by atoms with Crippen molar-refractivity contribution in [2.45, 2.75) is 51.4 Å². The predicted molar refractivity (Wildman–Crippen MR) is 115 cm³/mol. The van der Waals surface area contributed by atoms with E-state index in [1.165, 1.54) is 4.80 Å². The van der Waals surface area contributed by atoms with Gasteiger partial charge in [-0.05, 0) is 50.5 Å². The van der Waals surface area contributed by atoms with Crippen molar-refractivity contribution in [1.29, 1.82) is 0 Å². The Labute approximate surface area is 181 Å². The average Bonchev–Trinajstić information content (AvgIpc) is 3.34. The SMILES string of the molecule is CC[C@H](O)c1cccnc1O[C@@H]1CC[C@@H](C)N(C(=O)c2ccccc2-n2nccn2)C1. The van der Waals surface area contributed by atoms with Gasteiger partial charge in [0.05, 0.1) is 36.3 Å². The van der Waals surface area contributed by atoms with Gasteiger partial charge in [0, 0.05) is 17.8 Å². The second-order valence-electron chi connectivity index (χ2n) is 7.78. The van der Waals surface area contributed by atoms with Crippen molar-refractivity contribution in [3.8, 4) is 11.6 Å². The van der Waals surface area contributed by atoms with Crippen LogP contribution in [0.2, 0.25) is 0 Å². The van der Waals surface area contributed by atoms with E-state index in [2.05, 4.69) is 22.1 Å². The third kappa shape index (κ3) is 4.44. The fraction of sp³-hybridized carbons (Fsp3) is 0.391. The molecule has 2 aromatic heterocycles. The second kappa shape index (κ2) is 9.26. The molecule has 1 N–H and O–H groups in total. The Morgan fingerprint density at radius 1 is 1.16 bits per heavy atom. The van der Waals surface area contributed by atoms with Gasteiger partial charge in [0.15, 0.2) is 0 Å². The number of para-hydroxylation sites is 1. The number of likely N-dealkylation sites (tertiary alicyclic amines) is 1. The minimum Gasteiger partial charge on any atom is -0.472 e. The molecule has 1 amide bonds. The summed E-state index contributed by atoms with van der Waals surface area (Å²) in [5, 5.41) is 18.6. The van der Waals surface area contributed by atoms with Crippen molar-refractivity contribution in [2.24, 2.45) is 0 Å². The monoisotopic (exact) mass is 421 g/mol. The molecule has 1 aliphatic heterocycles. The molecule has 0 saturated carbocycles. The van der Waals surface area contributed by atoms with Crippen LogP contribution in [0.4, 0.5) is 0 Å². The van der Waals surface area contributed by atoms with Gasteiger partial charge in [0.1, 0.15) is 6.10 Å². The van der Waals surface area contributed by atoms with Gasteiger partial charge in [0.2, 0.25) is 5.88 Å². The summed E-state index contributed by atoms with van der Waals surface area (Å²) in [5.41, 5.74) is 1.87. The van der Waals surface area contributed by atoms with Crippen LogP contribution in [-0.4, -0.2) is 54.6 Å². The number of hydrogen-bond acceptors (Lipinski definition) is 6. The molecule has 1 saturated heterocycles. The van der Waals surface area contributed by atoms with E-state index in [0.29, 0.717) is 35.7 Å². The molecule has 4 rings (SSSR count). The lowest BCUT2D eigenvalue weighted by atomic mass is 9.99. The first kappa shape index (κ1) is 21.0. The molecule has 0 bridgehead atoms. The first-order valence-electron chi connectivity index (χ1n) is 10.6. The molecule has 3 atom stereocenters. The summed E-state index contributed by atoms with van der Waals surface area (Å²) < 4.78 is 6.18. The van der Waals surface area contributed by atoms with E-state index in [0.717, 1.165) is 12.8 Å². The van der Waals surface area contributed by atoms with Crippen LogP contribution in [0.3, 0.4) is 0 Å². The molecular formula is C23H27N5O3. The lowest BCUT2D eigenvalue weighted by Gasteiger charge is -2.38. The third-order valence-corrected chi connectivity index (χ3v) is 5.69. The zero-order valence-electron chi connectivity index (χ0n) is 17.8. The van der Waals surface area contributed by atoms with E-state index in [4.69, 9.17) is 4.74 Å². The molecule has 0 spiro atoms. The van der Waals surface area contributed by atoms with Gasteiger partial charge in [-0.25, -0.2) is 4.98 Å². The number of amides is 1. The molecule has 31 heavy (non-hydrogen) atoms. The Bertz CT molecular complexity index is 1020. The van der Waals surface area contributed by atoms with Gasteiger partial charge >= 0.3 is 0 Å². The van der Waals surface area contributed by atoms with E-state index in [1.54, 1.807) is 30.7 Å². The molecule has 8 heteroatoms. The summed E-state index contributed by atoms with van der Waals surface area (Å²) >= 11 is 0. The summed E-state index contributed by atoms with van der Waals surface area (Å²) in [6, 6.07) is 11.0. The highest BCUT2D eigenvalue weighted by Crippen LogP contribution is 2.29. The standard InChI is InChI=1S/C23H27N5O3/c1-3-21(29)19-8-6-12-24-22(19)31-17-11-10-16(2)27(15-17)23(30)18-7-4-5-9-20(18)28-25-13-14-26-28/h4-9,12-14,16-17,21,29H,3,10-11,15H2,1-2H3/t16-,17-,21+/m1/s1. The van der Waals surface area contributed by atoms with Crippen LogP contribution in [0.15, 0.2) is 55.0 Å². The Balaban J connectivity index is 1.55. The number of pyridine rings is 1. The largest absolute Gasteiger partial charge is 0.472 e. The van der Waals surface area contributed by atoms with Gasteiger partial charge in [-0.1, -0.05) is 19.1 Å². The molecule has 8 nitrogen and oxygen atoms in total. The number of benzene rings is 1. The van der Waals surface area contributed by atoms with E-state index < -0.39 is 6.10 Å². The molecule has 3 heterocycles. The fourth-order valence-corrected chi connectivity index (χ4v) is 3.91. The van der Waals surface area contributed by atoms with Gasteiger partial charge in [-0.3, -0.25) is 4.79 Å². The lowest BCUT2D eigenvalue weighted by Crippen LogP contribution is -2.49. The van der Waals surface area contributed by atoms with Crippen molar-refractivity contribution in [3.63, 3.8) is 0 Å². The Hall–Kier alpha value is -3.26. The minimum atomic E-state index is -0.627. The summed E-state index contributed by atoms with van der Waals surface area (Å²) in [7, 11) is 0. The van der Waals surface area contributed by atoms with Crippen LogP contribution < -0.4 is 4.74 Å². The Morgan fingerprint density at radius 2 is 1.94 bits per heavy atom. The number of ether oxygens (including phenoxy) is 1. The summed E-state index contributed by atoms with van der Waals surface area (Å²) in [6.07, 6.45) is 6.21. The number of aliphatic hydroxyl groups is 1. The summed E-state index contributed by atoms with van der Waals surface area (Å²) in [6.45, 7) is 4.41. The van der Waals surface area contributed by atoms with Crippen molar-refractivity contribution in [3.05, 3.63) is 66.1 Å². The number of carbonyl (C=O) groups excluding carboxylic acids is 1. The van der Waals surface area contributed by atoms with Gasteiger partial charge in [-0.15, -0.1) is 0 Å². The lowest BCUT2D eigenvalue weighted by molar-refractivity contribution is 0.0360. The first-order valence-corrected chi connectivity index (χ1v) is 10.6. The van der Waals surface area contributed by atoms with Crippen molar-refractivity contribution < 1.29 is 14.6 Å². The quantitative estimate of drug-likeness (QED) is 0.657. The highest BCUT2D eigenvalue weighted by atomic mass is 16.5. The first-order chi connectivity index (χ1) is 15.1. The summed E-state index contributed by atoms with van der Waals surface area (Å²) in [5.74, 6) is 0.355. The highest BCUT2D eigenvalue weighted by Gasteiger charge is 2.32. The smallest absolute Gasteiger partial charge is 0.256 e. The van der Waals surface area contributed by atoms with Crippen LogP contribution in [0.25, 0.3) is 5.69 Å². The third-order valence-electron chi connectivity index (χ3n) is 5.69. The average molecular weight is 422 g/mol.